The lowest BCUT2D eigenvalue weighted by Gasteiger charge is -2.08. The molecule has 6 heteroatoms. The Morgan fingerprint density at radius 2 is 1.80 bits per heavy atom. The average molecular weight is 241 g/mol. The van der Waals surface area contributed by atoms with Crippen molar-refractivity contribution in [3.05, 3.63) is 34.9 Å². The number of rotatable bonds is 2. The van der Waals surface area contributed by atoms with Crippen LogP contribution in [-0.4, -0.2) is 11.2 Å². The Bertz CT molecular complexity index is 411. The lowest BCUT2D eigenvalue weighted by molar-refractivity contribution is 0.0530. The molecule has 0 amide bonds. The van der Waals surface area contributed by atoms with E-state index in [0.717, 1.165) is 12.1 Å². The van der Waals surface area contributed by atoms with E-state index in [2.05, 4.69) is 11.6 Å². The van der Waals surface area contributed by atoms with Crippen LogP contribution < -0.4 is 0 Å². The molecule has 0 aromatic heterocycles. The van der Waals surface area contributed by atoms with Crippen LogP contribution >= 0.6 is 11.6 Å². The Kier molecular flexibility index (Phi) is 3.04. The van der Waals surface area contributed by atoms with Crippen molar-refractivity contribution in [3.63, 3.8) is 0 Å². The summed E-state index contributed by atoms with van der Waals surface area (Å²) < 4.78 is 50.7. The Morgan fingerprint density at radius 1 is 1.27 bits per heavy atom. The van der Waals surface area contributed by atoms with E-state index in [9.17, 15) is 22.4 Å². The van der Waals surface area contributed by atoms with E-state index >= 15 is 0 Å². The minimum atomic E-state index is -4.23. The molecule has 0 N–H and O–H groups in total. The van der Waals surface area contributed by atoms with Gasteiger partial charge in [0, 0.05) is 0 Å². The van der Waals surface area contributed by atoms with Gasteiger partial charge in [0.15, 0.2) is 11.6 Å². The first-order chi connectivity index (χ1) is 6.75. The van der Waals surface area contributed by atoms with Crippen LogP contribution in [0.25, 0.3) is 0 Å². The molecule has 0 radical (unpaired) electrons. The molecular weight excluding hydrogens is 236 g/mol. The van der Waals surface area contributed by atoms with Crippen molar-refractivity contribution >= 4 is 17.4 Å². The number of carbonyl (C=O) groups excluding carboxylic acids is 1. The Hall–Kier alpha value is -1.10. The van der Waals surface area contributed by atoms with Gasteiger partial charge in [0.05, 0.1) is 5.56 Å². The topological polar surface area (TPSA) is 17.1 Å². The van der Waals surface area contributed by atoms with Crippen LogP contribution in [0, 0.1) is 18.6 Å². The first-order valence-corrected chi connectivity index (χ1v) is 4.19. The smallest absolute Gasteiger partial charge is 0.286 e. The molecule has 1 nitrogen and oxygen atoms in total. The average Bonchev–Trinajstić information content (AvgIpc) is 2.12. The van der Waals surface area contributed by atoms with Crippen molar-refractivity contribution in [2.24, 2.45) is 0 Å². The van der Waals surface area contributed by atoms with Crippen LogP contribution in [0.15, 0.2) is 12.1 Å². The van der Waals surface area contributed by atoms with Gasteiger partial charge in [-0.05, 0) is 30.2 Å². The maximum Gasteiger partial charge on any atom is 0.385 e. The second kappa shape index (κ2) is 3.81. The molecule has 0 aliphatic carbocycles. The summed E-state index contributed by atoms with van der Waals surface area (Å²) in [6.45, 7) is 1.24. The number of hydrogen-bond acceptors (Lipinski definition) is 1. The maximum absolute atomic E-state index is 13.1. The zero-order valence-electron chi connectivity index (χ0n) is 7.45. The number of Topliss-reactive ketones (excluding diaryl/α,β-unsaturated/α-hetero) is 1. The Balaban J connectivity index is 3.29. The second-order valence-corrected chi connectivity index (χ2v) is 3.36. The summed E-state index contributed by atoms with van der Waals surface area (Å²) in [6.07, 6.45) is 0. The number of ketones is 1. The molecule has 1 aromatic carbocycles. The molecule has 0 fully saturated rings. The van der Waals surface area contributed by atoms with E-state index in [-0.39, 0.29) is 5.56 Å². The Labute approximate surface area is 87.7 Å². The molecular formula is C9H5ClF4O. The molecule has 0 atom stereocenters. The van der Waals surface area contributed by atoms with Crippen LogP contribution in [0.1, 0.15) is 15.9 Å². The lowest BCUT2D eigenvalue weighted by atomic mass is 10.1. The third kappa shape index (κ3) is 2.28. The summed E-state index contributed by atoms with van der Waals surface area (Å²) in [5.41, 5.74) is -1.14. The highest BCUT2D eigenvalue weighted by Crippen LogP contribution is 2.27. The van der Waals surface area contributed by atoms with Crippen LogP contribution in [0.3, 0.4) is 0 Å². The largest absolute Gasteiger partial charge is 0.385 e. The number of carbonyl (C=O) groups is 1. The summed E-state index contributed by atoms with van der Waals surface area (Å²) in [4.78, 5) is 10.9. The molecule has 82 valence electrons. The fourth-order valence-corrected chi connectivity index (χ4v) is 1.08. The molecule has 1 rings (SSSR count). The van der Waals surface area contributed by atoms with Gasteiger partial charge in [-0.1, -0.05) is 6.07 Å². The van der Waals surface area contributed by atoms with Crippen molar-refractivity contribution in [1.29, 1.82) is 0 Å². The van der Waals surface area contributed by atoms with Gasteiger partial charge in [0.1, 0.15) is 0 Å². The van der Waals surface area contributed by atoms with Crippen molar-refractivity contribution in [1.82, 2.24) is 0 Å². The van der Waals surface area contributed by atoms with Crippen LogP contribution in [-0.2, 0) is 0 Å². The van der Waals surface area contributed by atoms with Crippen LogP contribution in [0.2, 0.25) is 0 Å². The molecule has 0 aliphatic heterocycles. The van der Waals surface area contributed by atoms with Gasteiger partial charge in [0.25, 0.3) is 5.78 Å². The monoisotopic (exact) mass is 240 g/mol. The predicted octanol–water partition coefficient (Wildman–Crippen LogP) is 3.29. The number of benzene rings is 1. The van der Waals surface area contributed by atoms with E-state index in [0.29, 0.717) is 0 Å². The van der Waals surface area contributed by atoms with E-state index in [1.165, 1.54) is 6.92 Å². The number of hydrogen-bond donors (Lipinski definition) is 0. The van der Waals surface area contributed by atoms with Gasteiger partial charge in [-0.2, -0.15) is 8.78 Å². The van der Waals surface area contributed by atoms with E-state index in [1.807, 2.05) is 0 Å². The van der Waals surface area contributed by atoms with Gasteiger partial charge in [-0.3, -0.25) is 4.79 Å². The highest BCUT2D eigenvalue weighted by atomic mass is 35.5. The molecule has 0 heterocycles. The van der Waals surface area contributed by atoms with E-state index < -0.39 is 28.4 Å². The summed E-state index contributed by atoms with van der Waals surface area (Å²) >= 11 is 4.41. The zero-order valence-corrected chi connectivity index (χ0v) is 8.21. The summed E-state index contributed by atoms with van der Waals surface area (Å²) in [7, 11) is 0. The van der Waals surface area contributed by atoms with E-state index in [4.69, 9.17) is 0 Å². The normalized spacial score (nSPS) is 11.6. The Morgan fingerprint density at radius 3 is 2.27 bits per heavy atom. The quantitative estimate of drug-likeness (QED) is 0.440. The summed E-state index contributed by atoms with van der Waals surface area (Å²) in [6, 6.07) is 1.79. The maximum atomic E-state index is 13.1. The van der Waals surface area contributed by atoms with Gasteiger partial charge in [0.2, 0.25) is 0 Å². The molecule has 0 bridgehead atoms. The lowest BCUT2D eigenvalue weighted by Crippen LogP contribution is -2.23. The SMILES string of the molecule is Cc1ccc(C(=O)C(F)(F)Cl)c(F)c1F. The highest BCUT2D eigenvalue weighted by molar-refractivity contribution is 6.35. The minimum Gasteiger partial charge on any atom is -0.286 e. The molecule has 15 heavy (non-hydrogen) atoms. The van der Waals surface area contributed by atoms with Crippen LogP contribution in [0.4, 0.5) is 17.6 Å². The second-order valence-electron chi connectivity index (χ2n) is 2.88. The fourth-order valence-electron chi connectivity index (χ4n) is 0.974. The van der Waals surface area contributed by atoms with Gasteiger partial charge in [-0.15, -0.1) is 0 Å². The molecule has 0 unspecified atom stereocenters. The first kappa shape index (κ1) is 12.0. The van der Waals surface area contributed by atoms with Crippen LogP contribution in [0.5, 0.6) is 0 Å². The van der Waals surface area contributed by atoms with Crippen molar-refractivity contribution < 1.29 is 22.4 Å². The minimum absolute atomic E-state index is 0.0815. The number of halogens is 5. The van der Waals surface area contributed by atoms with Crippen molar-refractivity contribution in [2.75, 3.05) is 0 Å². The third-order valence-electron chi connectivity index (χ3n) is 1.78. The first-order valence-electron chi connectivity index (χ1n) is 3.81. The predicted molar refractivity (Wildman–Crippen MR) is 46.2 cm³/mol. The summed E-state index contributed by atoms with van der Waals surface area (Å²) in [5, 5.41) is -4.23. The third-order valence-corrected chi connectivity index (χ3v) is 1.95. The molecule has 1 aromatic rings. The molecule has 0 saturated heterocycles. The zero-order chi connectivity index (χ0) is 11.8. The van der Waals surface area contributed by atoms with Crippen molar-refractivity contribution in [3.8, 4) is 0 Å². The van der Waals surface area contributed by atoms with E-state index in [1.54, 1.807) is 0 Å². The van der Waals surface area contributed by atoms with Gasteiger partial charge >= 0.3 is 5.38 Å². The van der Waals surface area contributed by atoms with Crippen molar-refractivity contribution in [2.45, 2.75) is 12.3 Å². The molecule has 0 spiro atoms. The molecule has 0 aliphatic rings. The number of alkyl halides is 3. The standard InChI is InChI=1S/C9H5ClF4O/c1-4-2-3-5(7(12)6(4)11)8(15)9(10,13)14/h2-3H,1H3. The highest BCUT2D eigenvalue weighted by Gasteiger charge is 2.38. The molecule has 0 saturated carbocycles. The summed E-state index contributed by atoms with van der Waals surface area (Å²) in [5.74, 6) is -4.90. The van der Waals surface area contributed by atoms with Gasteiger partial charge < -0.3 is 0 Å². The van der Waals surface area contributed by atoms with Gasteiger partial charge in [-0.25, -0.2) is 8.78 Å². The fraction of sp³-hybridized carbons (Fsp3) is 0.222. The number of aryl methyl sites for hydroxylation is 1.